The molecule has 2 aromatic rings. The first-order chi connectivity index (χ1) is 8.34. The molecule has 0 aliphatic carbocycles. The predicted octanol–water partition coefficient (Wildman–Crippen LogP) is 1.50. The van der Waals surface area contributed by atoms with Crippen LogP contribution in [0.15, 0.2) is 42.7 Å². The van der Waals surface area contributed by atoms with Crippen molar-refractivity contribution in [3.05, 3.63) is 48.3 Å². The molecule has 0 saturated carbocycles. The first-order valence-corrected chi connectivity index (χ1v) is 5.96. The molecule has 0 amide bonds. The van der Waals surface area contributed by atoms with E-state index in [0.29, 0.717) is 6.04 Å². The summed E-state index contributed by atoms with van der Waals surface area (Å²) in [5.41, 5.74) is 1.37. The quantitative estimate of drug-likeness (QED) is 0.817. The lowest BCUT2D eigenvalue weighted by Gasteiger charge is -2.13. The fraction of sp³-hybridized carbons (Fsp3) is 0.385. The van der Waals surface area contributed by atoms with E-state index in [1.165, 1.54) is 5.56 Å². The summed E-state index contributed by atoms with van der Waals surface area (Å²) in [4.78, 5) is 0. The monoisotopic (exact) mass is 230 g/mol. The lowest BCUT2D eigenvalue weighted by atomic mass is 10.1. The molecule has 4 heteroatoms. The maximum Gasteiger partial charge on any atom is 0.0692 e. The van der Waals surface area contributed by atoms with E-state index >= 15 is 0 Å². The van der Waals surface area contributed by atoms with Gasteiger partial charge in [-0.2, -0.15) is 0 Å². The number of hydrogen-bond acceptors (Lipinski definition) is 3. The van der Waals surface area contributed by atoms with Gasteiger partial charge in [-0.1, -0.05) is 35.5 Å². The van der Waals surface area contributed by atoms with Crippen LogP contribution in [0, 0.1) is 0 Å². The lowest BCUT2D eigenvalue weighted by molar-refractivity contribution is 0.487. The van der Waals surface area contributed by atoms with Crippen molar-refractivity contribution in [3.8, 4) is 0 Å². The third-order valence-corrected chi connectivity index (χ3v) is 2.69. The summed E-state index contributed by atoms with van der Waals surface area (Å²) in [6.45, 7) is 3.98. The average molecular weight is 230 g/mol. The molecular weight excluding hydrogens is 212 g/mol. The van der Waals surface area contributed by atoms with Crippen molar-refractivity contribution < 1.29 is 0 Å². The van der Waals surface area contributed by atoms with E-state index in [9.17, 15) is 0 Å². The largest absolute Gasteiger partial charge is 0.312 e. The minimum atomic E-state index is 0.473. The van der Waals surface area contributed by atoms with Gasteiger partial charge in [-0.3, -0.25) is 4.68 Å². The minimum Gasteiger partial charge on any atom is -0.312 e. The third kappa shape index (κ3) is 4.00. The standard InChI is InChI=1S/C13H18N4/c1-12(11-13-5-3-2-4-6-13)14-7-9-17-10-8-15-16-17/h2-6,8,10,12,14H,7,9,11H2,1H3. The Morgan fingerprint density at radius 2 is 2.12 bits per heavy atom. The molecule has 1 aromatic heterocycles. The molecule has 2 rings (SSSR count). The van der Waals surface area contributed by atoms with E-state index in [1.54, 1.807) is 6.20 Å². The van der Waals surface area contributed by atoms with Crippen LogP contribution in [-0.4, -0.2) is 27.6 Å². The normalized spacial score (nSPS) is 12.5. The SMILES string of the molecule is CC(Cc1ccccc1)NCCn1ccnn1. The summed E-state index contributed by atoms with van der Waals surface area (Å²) in [5.74, 6) is 0. The second-order valence-corrected chi connectivity index (χ2v) is 4.21. The number of benzene rings is 1. The number of nitrogens with zero attached hydrogens (tertiary/aromatic N) is 3. The molecule has 1 atom stereocenters. The Hall–Kier alpha value is -1.68. The fourth-order valence-electron chi connectivity index (χ4n) is 1.82. The van der Waals surface area contributed by atoms with Gasteiger partial charge in [-0.15, -0.1) is 5.10 Å². The van der Waals surface area contributed by atoms with Gasteiger partial charge in [0.1, 0.15) is 0 Å². The molecule has 0 fully saturated rings. The van der Waals surface area contributed by atoms with Gasteiger partial charge in [0, 0.05) is 18.8 Å². The molecule has 0 radical (unpaired) electrons. The van der Waals surface area contributed by atoms with Crippen LogP contribution in [0.5, 0.6) is 0 Å². The maximum absolute atomic E-state index is 3.92. The smallest absolute Gasteiger partial charge is 0.0692 e. The van der Waals surface area contributed by atoms with Crippen molar-refractivity contribution in [2.45, 2.75) is 25.9 Å². The zero-order valence-electron chi connectivity index (χ0n) is 10.1. The van der Waals surface area contributed by atoms with E-state index in [4.69, 9.17) is 0 Å². The molecule has 1 unspecified atom stereocenters. The van der Waals surface area contributed by atoms with Crippen LogP contribution >= 0.6 is 0 Å². The molecule has 1 heterocycles. The molecule has 0 aliphatic rings. The Bertz CT molecular complexity index is 410. The molecule has 0 saturated heterocycles. The van der Waals surface area contributed by atoms with Crippen LogP contribution in [0.3, 0.4) is 0 Å². The third-order valence-electron chi connectivity index (χ3n) is 2.69. The van der Waals surface area contributed by atoms with Gasteiger partial charge < -0.3 is 5.32 Å². The van der Waals surface area contributed by atoms with Gasteiger partial charge in [0.2, 0.25) is 0 Å². The Morgan fingerprint density at radius 3 is 2.82 bits per heavy atom. The maximum atomic E-state index is 3.92. The van der Waals surface area contributed by atoms with Crippen molar-refractivity contribution in [1.29, 1.82) is 0 Å². The van der Waals surface area contributed by atoms with Crippen molar-refractivity contribution in [2.75, 3.05) is 6.54 Å². The van der Waals surface area contributed by atoms with Crippen molar-refractivity contribution in [1.82, 2.24) is 20.3 Å². The van der Waals surface area contributed by atoms with Gasteiger partial charge in [0.25, 0.3) is 0 Å². The van der Waals surface area contributed by atoms with Crippen LogP contribution in [-0.2, 0) is 13.0 Å². The lowest BCUT2D eigenvalue weighted by Crippen LogP contribution is -2.31. The number of hydrogen-bond donors (Lipinski definition) is 1. The van der Waals surface area contributed by atoms with E-state index in [1.807, 2.05) is 16.9 Å². The van der Waals surface area contributed by atoms with Crippen molar-refractivity contribution in [3.63, 3.8) is 0 Å². The van der Waals surface area contributed by atoms with E-state index in [0.717, 1.165) is 19.5 Å². The molecule has 90 valence electrons. The van der Waals surface area contributed by atoms with Crippen LogP contribution in [0.4, 0.5) is 0 Å². The fourth-order valence-corrected chi connectivity index (χ4v) is 1.82. The topological polar surface area (TPSA) is 42.7 Å². The van der Waals surface area contributed by atoms with Gasteiger partial charge in [-0.05, 0) is 18.9 Å². The Labute approximate surface area is 102 Å². The van der Waals surface area contributed by atoms with E-state index in [-0.39, 0.29) is 0 Å². The molecule has 0 spiro atoms. The second kappa shape index (κ2) is 6.15. The Balaban J connectivity index is 1.69. The predicted molar refractivity (Wildman–Crippen MR) is 67.6 cm³/mol. The minimum absolute atomic E-state index is 0.473. The summed E-state index contributed by atoms with van der Waals surface area (Å²) in [7, 11) is 0. The van der Waals surface area contributed by atoms with Gasteiger partial charge in [0.05, 0.1) is 12.7 Å². The molecule has 0 aliphatic heterocycles. The number of aromatic nitrogens is 3. The highest BCUT2D eigenvalue weighted by Crippen LogP contribution is 2.02. The Morgan fingerprint density at radius 1 is 1.29 bits per heavy atom. The molecule has 4 nitrogen and oxygen atoms in total. The van der Waals surface area contributed by atoms with Crippen LogP contribution in [0.25, 0.3) is 0 Å². The molecular formula is C13H18N4. The molecule has 0 bridgehead atoms. The average Bonchev–Trinajstić information content (AvgIpc) is 2.83. The zero-order valence-corrected chi connectivity index (χ0v) is 10.1. The summed E-state index contributed by atoms with van der Waals surface area (Å²) in [6, 6.07) is 11.0. The highest BCUT2D eigenvalue weighted by molar-refractivity contribution is 5.15. The molecule has 1 aromatic carbocycles. The van der Waals surface area contributed by atoms with Crippen LogP contribution < -0.4 is 5.32 Å². The first-order valence-electron chi connectivity index (χ1n) is 5.96. The highest BCUT2D eigenvalue weighted by Gasteiger charge is 2.02. The van der Waals surface area contributed by atoms with Crippen LogP contribution in [0.2, 0.25) is 0 Å². The first kappa shape index (κ1) is 11.8. The van der Waals surface area contributed by atoms with E-state index in [2.05, 4.69) is 46.8 Å². The second-order valence-electron chi connectivity index (χ2n) is 4.21. The van der Waals surface area contributed by atoms with E-state index < -0.39 is 0 Å². The van der Waals surface area contributed by atoms with Crippen LogP contribution in [0.1, 0.15) is 12.5 Å². The molecule has 1 N–H and O–H groups in total. The van der Waals surface area contributed by atoms with Gasteiger partial charge in [-0.25, -0.2) is 0 Å². The summed E-state index contributed by atoms with van der Waals surface area (Å²) in [5, 5.41) is 11.2. The number of nitrogens with one attached hydrogen (secondary N) is 1. The Kier molecular flexibility index (Phi) is 4.27. The summed E-state index contributed by atoms with van der Waals surface area (Å²) >= 11 is 0. The molecule has 17 heavy (non-hydrogen) atoms. The number of rotatable bonds is 6. The van der Waals surface area contributed by atoms with Crippen molar-refractivity contribution in [2.24, 2.45) is 0 Å². The van der Waals surface area contributed by atoms with Gasteiger partial charge >= 0.3 is 0 Å². The summed E-state index contributed by atoms with van der Waals surface area (Å²) < 4.78 is 1.84. The van der Waals surface area contributed by atoms with Gasteiger partial charge in [0.15, 0.2) is 0 Å². The van der Waals surface area contributed by atoms with Crippen molar-refractivity contribution >= 4 is 0 Å². The zero-order chi connectivity index (χ0) is 11.9. The summed E-state index contributed by atoms with van der Waals surface area (Å²) in [6.07, 6.45) is 4.63. The highest BCUT2D eigenvalue weighted by atomic mass is 15.4.